The van der Waals surface area contributed by atoms with Crippen molar-refractivity contribution in [2.75, 3.05) is 19.8 Å². The molecule has 27 heavy (non-hydrogen) atoms. The monoisotopic (exact) mass is 387 g/mol. The standard InChI is InChI=1S/C19H37N3O5/c1-18(2,3)22(17(23)24)12-14(16(20)21-25)9-10-19(4,5)13-27-15-8-6-7-11-26-15/h14-15,25H,6-13H2,1-5H3,(H2,20,21)(H,23,24). The molecule has 0 radical (unpaired) electrons. The van der Waals surface area contributed by atoms with Gasteiger partial charge in [0.05, 0.1) is 6.61 Å². The van der Waals surface area contributed by atoms with Crippen LogP contribution in [0.5, 0.6) is 0 Å². The van der Waals surface area contributed by atoms with Gasteiger partial charge in [-0.1, -0.05) is 19.0 Å². The lowest BCUT2D eigenvalue weighted by Gasteiger charge is -2.36. The summed E-state index contributed by atoms with van der Waals surface area (Å²) in [7, 11) is 0. The van der Waals surface area contributed by atoms with Crippen molar-refractivity contribution in [2.24, 2.45) is 22.2 Å². The molecular formula is C19H37N3O5. The Labute approximate surface area is 162 Å². The third-order valence-electron chi connectivity index (χ3n) is 4.94. The minimum absolute atomic E-state index is 0.0535. The number of oxime groups is 1. The summed E-state index contributed by atoms with van der Waals surface area (Å²) in [5.41, 5.74) is 5.15. The minimum Gasteiger partial charge on any atom is -0.465 e. The Hall–Kier alpha value is -1.54. The van der Waals surface area contributed by atoms with Gasteiger partial charge < -0.3 is 30.4 Å². The van der Waals surface area contributed by atoms with E-state index in [1.165, 1.54) is 4.90 Å². The molecule has 1 amide bonds. The normalized spacial score (nSPS) is 20.3. The Kier molecular flexibility index (Phi) is 8.81. The second-order valence-corrected chi connectivity index (χ2v) is 9.10. The van der Waals surface area contributed by atoms with Crippen LogP contribution in [0, 0.1) is 11.3 Å². The van der Waals surface area contributed by atoms with Crippen molar-refractivity contribution in [2.45, 2.75) is 78.6 Å². The first-order valence-electron chi connectivity index (χ1n) is 9.67. The number of ether oxygens (including phenoxy) is 2. The van der Waals surface area contributed by atoms with Crippen molar-refractivity contribution in [1.82, 2.24) is 4.90 Å². The number of nitrogens with two attached hydrogens (primary N) is 1. The van der Waals surface area contributed by atoms with Crippen LogP contribution in [0.15, 0.2) is 5.16 Å². The summed E-state index contributed by atoms with van der Waals surface area (Å²) in [6, 6.07) is 0. The Morgan fingerprint density at radius 1 is 1.33 bits per heavy atom. The quantitative estimate of drug-likeness (QED) is 0.241. The van der Waals surface area contributed by atoms with Crippen LogP contribution >= 0.6 is 0 Å². The van der Waals surface area contributed by atoms with Gasteiger partial charge in [-0.3, -0.25) is 0 Å². The van der Waals surface area contributed by atoms with E-state index in [0.29, 0.717) is 13.0 Å². The maximum atomic E-state index is 11.6. The molecule has 158 valence electrons. The van der Waals surface area contributed by atoms with Gasteiger partial charge in [-0.2, -0.15) is 0 Å². The number of amidine groups is 1. The van der Waals surface area contributed by atoms with Crippen LogP contribution < -0.4 is 5.73 Å². The average Bonchev–Trinajstić information content (AvgIpc) is 2.59. The van der Waals surface area contributed by atoms with Crippen molar-refractivity contribution < 1.29 is 24.6 Å². The molecule has 0 spiro atoms. The summed E-state index contributed by atoms with van der Waals surface area (Å²) >= 11 is 0. The first-order chi connectivity index (χ1) is 12.5. The molecule has 0 aliphatic carbocycles. The zero-order valence-electron chi connectivity index (χ0n) is 17.4. The molecule has 1 saturated heterocycles. The van der Waals surface area contributed by atoms with Crippen LogP contribution in [0.3, 0.4) is 0 Å². The summed E-state index contributed by atoms with van der Waals surface area (Å²) in [6.07, 6.45) is 3.31. The molecule has 1 aliphatic heterocycles. The van der Waals surface area contributed by atoms with E-state index in [4.69, 9.17) is 20.4 Å². The van der Waals surface area contributed by atoms with Crippen molar-refractivity contribution in [3.63, 3.8) is 0 Å². The predicted octanol–water partition coefficient (Wildman–Crippen LogP) is 3.48. The number of amides is 1. The molecule has 4 N–H and O–H groups in total. The number of hydrogen-bond donors (Lipinski definition) is 3. The number of carbonyl (C=O) groups is 1. The minimum atomic E-state index is -1.02. The van der Waals surface area contributed by atoms with Gasteiger partial charge in [-0.25, -0.2) is 4.79 Å². The molecule has 1 fully saturated rings. The molecule has 1 rings (SSSR count). The first kappa shape index (κ1) is 23.5. The van der Waals surface area contributed by atoms with Gasteiger partial charge in [0.1, 0.15) is 5.84 Å². The van der Waals surface area contributed by atoms with Gasteiger partial charge >= 0.3 is 6.09 Å². The lowest BCUT2D eigenvalue weighted by Crippen LogP contribution is -2.49. The molecule has 2 unspecified atom stereocenters. The van der Waals surface area contributed by atoms with Crippen LogP contribution in [-0.2, 0) is 9.47 Å². The highest BCUT2D eigenvalue weighted by Gasteiger charge is 2.31. The highest BCUT2D eigenvalue weighted by atomic mass is 16.7. The predicted molar refractivity (Wildman–Crippen MR) is 104 cm³/mol. The van der Waals surface area contributed by atoms with Crippen molar-refractivity contribution >= 4 is 11.9 Å². The lowest BCUT2D eigenvalue weighted by atomic mass is 9.84. The smallest absolute Gasteiger partial charge is 0.407 e. The summed E-state index contributed by atoms with van der Waals surface area (Å²) in [6.45, 7) is 11.1. The zero-order chi connectivity index (χ0) is 20.7. The summed E-state index contributed by atoms with van der Waals surface area (Å²) in [4.78, 5) is 12.9. The molecule has 8 heteroatoms. The molecule has 0 aromatic rings. The van der Waals surface area contributed by atoms with E-state index in [-0.39, 0.29) is 30.0 Å². The van der Waals surface area contributed by atoms with Crippen LogP contribution in [0.1, 0.15) is 66.7 Å². The van der Waals surface area contributed by atoms with E-state index in [1.807, 2.05) is 20.8 Å². The topological polar surface area (TPSA) is 118 Å². The summed E-state index contributed by atoms with van der Waals surface area (Å²) in [5.74, 6) is -0.312. The maximum Gasteiger partial charge on any atom is 0.407 e. The van der Waals surface area contributed by atoms with Gasteiger partial charge in [0, 0.05) is 24.6 Å². The lowest BCUT2D eigenvalue weighted by molar-refractivity contribution is -0.176. The van der Waals surface area contributed by atoms with Gasteiger partial charge in [0.15, 0.2) is 6.29 Å². The SMILES string of the molecule is CC(C)(CCC(CN(C(=O)O)C(C)(C)C)C(N)=NO)COC1CCCCO1. The van der Waals surface area contributed by atoms with Gasteiger partial charge in [0.2, 0.25) is 0 Å². The second kappa shape index (κ2) is 10.1. The van der Waals surface area contributed by atoms with E-state index < -0.39 is 11.6 Å². The molecule has 0 saturated carbocycles. The van der Waals surface area contributed by atoms with Crippen LogP contribution in [0.4, 0.5) is 4.79 Å². The third kappa shape index (κ3) is 8.34. The van der Waals surface area contributed by atoms with Crippen LogP contribution in [-0.4, -0.2) is 58.7 Å². The number of carboxylic acid groups (broad SMARTS) is 1. The van der Waals surface area contributed by atoms with Gasteiger partial charge in [-0.15, -0.1) is 0 Å². The first-order valence-corrected chi connectivity index (χ1v) is 9.67. The fraction of sp³-hybridized carbons (Fsp3) is 0.895. The van der Waals surface area contributed by atoms with E-state index in [9.17, 15) is 9.90 Å². The second-order valence-electron chi connectivity index (χ2n) is 9.10. The van der Waals surface area contributed by atoms with Crippen LogP contribution in [0.25, 0.3) is 0 Å². The average molecular weight is 388 g/mol. The van der Waals surface area contributed by atoms with Crippen molar-refractivity contribution in [3.8, 4) is 0 Å². The molecule has 1 heterocycles. The third-order valence-corrected chi connectivity index (χ3v) is 4.94. The summed E-state index contributed by atoms with van der Waals surface area (Å²) in [5, 5.41) is 21.8. The molecule has 8 nitrogen and oxygen atoms in total. The summed E-state index contributed by atoms with van der Waals surface area (Å²) < 4.78 is 11.5. The molecular weight excluding hydrogens is 350 g/mol. The largest absolute Gasteiger partial charge is 0.465 e. The Morgan fingerprint density at radius 2 is 2.00 bits per heavy atom. The molecule has 1 aliphatic rings. The zero-order valence-corrected chi connectivity index (χ0v) is 17.4. The maximum absolute atomic E-state index is 11.6. The number of nitrogens with zero attached hydrogens (tertiary/aromatic N) is 2. The Morgan fingerprint density at radius 3 is 2.48 bits per heavy atom. The molecule has 2 atom stereocenters. The van der Waals surface area contributed by atoms with Crippen molar-refractivity contribution in [1.29, 1.82) is 0 Å². The molecule has 0 aromatic carbocycles. The van der Waals surface area contributed by atoms with Gasteiger partial charge in [0.25, 0.3) is 0 Å². The van der Waals surface area contributed by atoms with E-state index in [0.717, 1.165) is 32.3 Å². The number of hydrogen-bond acceptors (Lipinski definition) is 5. The fourth-order valence-electron chi connectivity index (χ4n) is 3.07. The van der Waals surface area contributed by atoms with E-state index >= 15 is 0 Å². The fourth-order valence-corrected chi connectivity index (χ4v) is 3.07. The van der Waals surface area contributed by atoms with Crippen molar-refractivity contribution in [3.05, 3.63) is 0 Å². The highest BCUT2D eigenvalue weighted by Crippen LogP contribution is 2.28. The van der Waals surface area contributed by atoms with Crippen LogP contribution in [0.2, 0.25) is 0 Å². The molecule has 0 aromatic heterocycles. The van der Waals surface area contributed by atoms with E-state index in [1.54, 1.807) is 0 Å². The highest BCUT2D eigenvalue weighted by molar-refractivity contribution is 5.83. The Balaban J connectivity index is 2.66. The molecule has 0 bridgehead atoms. The van der Waals surface area contributed by atoms with E-state index in [2.05, 4.69) is 19.0 Å². The van der Waals surface area contributed by atoms with Gasteiger partial charge in [-0.05, 0) is 58.3 Å². The Bertz CT molecular complexity index is 496. The number of rotatable bonds is 9.